The molecular weight excluding hydrogens is 393 g/mol. The lowest BCUT2D eigenvalue weighted by Crippen LogP contribution is -2.49. The van der Waals surface area contributed by atoms with Gasteiger partial charge in [0.05, 0.1) is 29.1 Å². The standard InChI is InChI=1S/C24H22FN5O/c1-28-11-12-29(24(31)19-6-2-3-7-20(19)25)15-22(28)23-21-9-8-18(14-30(21)16-27-23)17-5-4-10-26-13-17/h2-10,13-14,16,22H,11-12,15H2,1H3/t22-/m0/s1. The maximum absolute atomic E-state index is 14.2. The summed E-state index contributed by atoms with van der Waals surface area (Å²) in [6.45, 7) is 1.70. The summed E-state index contributed by atoms with van der Waals surface area (Å²) in [5.74, 6) is -0.767. The summed E-state index contributed by atoms with van der Waals surface area (Å²) < 4.78 is 16.2. The van der Waals surface area contributed by atoms with E-state index in [9.17, 15) is 9.18 Å². The molecule has 0 N–H and O–H groups in total. The number of nitrogens with zero attached hydrogens (tertiary/aromatic N) is 5. The molecule has 5 rings (SSSR count). The van der Waals surface area contributed by atoms with Gasteiger partial charge in [-0.25, -0.2) is 9.37 Å². The second kappa shape index (κ2) is 7.92. The fourth-order valence-corrected chi connectivity index (χ4v) is 4.14. The van der Waals surface area contributed by atoms with E-state index in [1.54, 1.807) is 29.6 Å². The van der Waals surface area contributed by atoms with Crippen LogP contribution in [0.2, 0.25) is 0 Å². The summed E-state index contributed by atoms with van der Waals surface area (Å²) >= 11 is 0. The zero-order chi connectivity index (χ0) is 21.4. The van der Waals surface area contributed by atoms with Gasteiger partial charge in [0.1, 0.15) is 5.82 Å². The van der Waals surface area contributed by atoms with E-state index in [0.717, 1.165) is 22.3 Å². The Kier molecular flexibility index (Phi) is 4.95. The summed E-state index contributed by atoms with van der Waals surface area (Å²) in [4.78, 5) is 25.7. The lowest BCUT2D eigenvalue weighted by Gasteiger charge is -2.39. The summed E-state index contributed by atoms with van der Waals surface area (Å²) in [6, 6.07) is 14.1. The van der Waals surface area contributed by atoms with E-state index in [1.165, 1.54) is 12.1 Å². The average Bonchev–Trinajstić information content (AvgIpc) is 3.23. The second-order valence-corrected chi connectivity index (χ2v) is 7.81. The monoisotopic (exact) mass is 415 g/mol. The quantitative estimate of drug-likeness (QED) is 0.512. The normalized spacial score (nSPS) is 17.2. The van der Waals surface area contributed by atoms with Crippen molar-refractivity contribution >= 4 is 11.4 Å². The maximum atomic E-state index is 14.2. The van der Waals surface area contributed by atoms with Crippen LogP contribution in [-0.2, 0) is 0 Å². The summed E-state index contributed by atoms with van der Waals surface area (Å²) in [6.07, 6.45) is 7.43. The third-order valence-electron chi connectivity index (χ3n) is 5.91. The number of hydrogen-bond acceptors (Lipinski definition) is 4. The van der Waals surface area contributed by atoms with Crippen LogP contribution in [0.5, 0.6) is 0 Å². The number of hydrogen-bond donors (Lipinski definition) is 0. The molecule has 4 heterocycles. The van der Waals surface area contributed by atoms with Crippen LogP contribution >= 0.6 is 0 Å². The highest BCUT2D eigenvalue weighted by Crippen LogP contribution is 2.29. The molecule has 1 saturated heterocycles. The molecule has 1 amide bonds. The minimum atomic E-state index is -0.488. The Hall–Kier alpha value is -3.58. The van der Waals surface area contributed by atoms with Crippen LogP contribution in [0.25, 0.3) is 16.6 Å². The molecule has 0 unspecified atom stereocenters. The van der Waals surface area contributed by atoms with Gasteiger partial charge in [0.25, 0.3) is 5.91 Å². The number of amides is 1. The smallest absolute Gasteiger partial charge is 0.256 e. The maximum Gasteiger partial charge on any atom is 0.256 e. The van der Waals surface area contributed by atoms with E-state index < -0.39 is 5.82 Å². The summed E-state index contributed by atoms with van der Waals surface area (Å²) in [5, 5.41) is 0. The first kappa shape index (κ1) is 19.4. The zero-order valence-electron chi connectivity index (χ0n) is 17.1. The zero-order valence-corrected chi connectivity index (χ0v) is 17.1. The number of carbonyl (C=O) groups is 1. The molecule has 3 aromatic heterocycles. The van der Waals surface area contributed by atoms with Gasteiger partial charge in [-0.3, -0.25) is 14.7 Å². The summed E-state index contributed by atoms with van der Waals surface area (Å²) in [5.41, 5.74) is 4.10. The van der Waals surface area contributed by atoms with E-state index >= 15 is 0 Å². The number of aromatic nitrogens is 3. The Bertz CT molecular complexity index is 1240. The lowest BCUT2D eigenvalue weighted by molar-refractivity contribution is 0.0538. The van der Waals surface area contributed by atoms with Crippen LogP contribution in [0.15, 0.2) is 73.4 Å². The van der Waals surface area contributed by atoms with Gasteiger partial charge in [0, 0.05) is 43.8 Å². The van der Waals surface area contributed by atoms with Crippen molar-refractivity contribution in [3.63, 3.8) is 0 Å². The van der Waals surface area contributed by atoms with Gasteiger partial charge in [0.2, 0.25) is 0 Å². The Labute approximate surface area is 179 Å². The molecule has 1 aliphatic heterocycles. The molecule has 6 nitrogen and oxygen atoms in total. The molecule has 1 atom stereocenters. The molecule has 1 fully saturated rings. The average molecular weight is 415 g/mol. The lowest BCUT2D eigenvalue weighted by atomic mass is 10.1. The summed E-state index contributed by atoms with van der Waals surface area (Å²) in [7, 11) is 2.03. The Morgan fingerprint density at radius 1 is 1.06 bits per heavy atom. The van der Waals surface area contributed by atoms with E-state index in [2.05, 4.69) is 27.0 Å². The highest BCUT2D eigenvalue weighted by atomic mass is 19.1. The van der Waals surface area contributed by atoms with Crippen LogP contribution in [0.4, 0.5) is 4.39 Å². The van der Waals surface area contributed by atoms with Crippen molar-refractivity contribution in [2.24, 2.45) is 0 Å². The molecule has 1 aliphatic rings. The van der Waals surface area contributed by atoms with Gasteiger partial charge >= 0.3 is 0 Å². The van der Waals surface area contributed by atoms with Crippen LogP contribution in [0.3, 0.4) is 0 Å². The van der Waals surface area contributed by atoms with Gasteiger partial charge < -0.3 is 9.30 Å². The number of carbonyl (C=O) groups excluding carboxylic acids is 1. The van der Waals surface area contributed by atoms with Crippen LogP contribution < -0.4 is 0 Å². The minimum absolute atomic E-state index is 0.0706. The first-order valence-electron chi connectivity index (χ1n) is 10.2. The molecule has 0 aliphatic carbocycles. The Morgan fingerprint density at radius 2 is 1.94 bits per heavy atom. The van der Waals surface area contributed by atoms with Gasteiger partial charge in [0.15, 0.2) is 0 Å². The van der Waals surface area contributed by atoms with Crippen molar-refractivity contribution in [1.82, 2.24) is 24.2 Å². The number of rotatable bonds is 3. The highest BCUT2D eigenvalue weighted by Gasteiger charge is 2.32. The first-order chi connectivity index (χ1) is 15.1. The van der Waals surface area contributed by atoms with Crippen LogP contribution in [-0.4, -0.2) is 56.8 Å². The molecule has 156 valence electrons. The molecule has 0 saturated carbocycles. The predicted octanol–water partition coefficient (Wildman–Crippen LogP) is 3.66. The molecular formula is C24H22FN5O. The van der Waals surface area contributed by atoms with E-state index in [-0.39, 0.29) is 17.5 Å². The van der Waals surface area contributed by atoms with Gasteiger partial charge in [-0.2, -0.15) is 0 Å². The fraction of sp³-hybridized carbons (Fsp3) is 0.208. The second-order valence-electron chi connectivity index (χ2n) is 7.81. The van der Waals surface area contributed by atoms with Crippen molar-refractivity contribution in [2.75, 3.05) is 26.7 Å². The molecule has 1 aromatic carbocycles. The molecule has 0 radical (unpaired) electrons. The molecule has 7 heteroatoms. The minimum Gasteiger partial charge on any atom is -0.335 e. The van der Waals surface area contributed by atoms with E-state index in [1.807, 2.05) is 36.0 Å². The predicted molar refractivity (Wildman–Crippen MR) is 116 cm³/mol. The van der Waals surface area contributed by atoms with E-state index in [4.69, 9.17) is 0 Å². The van der Waals surface area contributed by atoms with Crippen molar-refractivity contribution in [3.8, 4) is 11.1 Å². The van der Waals surface area contributed by atoms with Gasteiger partial charge in [-0.1, -0.05) is 24.3 Å². The Morgan fingerprint density at radius 3 is 2.74 bits per heavy atom. The Balaban J connectivity index is 1.44. The van der Waals surface area contributed by atoms with Crippen molar-refractivity contribution in [1.29, 1.82) is 0 Å². The molecule has 0 bridgehead atoms. The molecule has 4 aromatic rings. The van der Waals surface area contributed by atoms with Crippen LogP contribution in [0.1, 0.15) is 22.1 Å². The number of piperazine rings is 1. The fourth-order valence-electron chi connectivity index (χ4n) is 4.14. The third kappa shape index (κ3) is 3.57. The number of benzene rings is 1. The number of pyridine rings is 2. The topological polar surface area (TPSA) is 53.7 Å². The van der Waals surface area contributed by atoms with E-state index in [0.29, 0.717) is 19.6 Å². The number of halogens is 1. The van der Waals surface area contributed by atoms with Gasteiger partial charge in [-0.05, 0) is 36.9 Å². The van der Waals surface area contributed by atoms with Crippen molar-refractivity contribution in [3.05, 3.63) is 90.5 Å². The van der Waals surface area contributed by atoms with Crippen molar-refractivity contribution < 1.29 is 9.18 Å². The van der Waals surface area contributed by atoms with Crippen molar-refractivity contribution in [2.45, 2.75) is 6.04 Å². The first-order valence-corrected chi connectivity index (χ1v) is 10.2. The number of fused-ring (bicyclic) bond motifs is 1. The third-order valence-corrected chi connectivity index (χ3v) is 5.91. The highest BCUT2D eigenvalue weighted by molar-refractivity contribution is 5.94. The number of likely N-dealkylation sites (N-methyl/N-ethyl adjacent to an activating group) is 1. The van der Waals surface area contributed by atoms with Gasteiger partial charge in [-0.15, -0.1) is 0 Å². The molecule has 0 spiro atoms. The SMILES string of the molecule is CN1CCN(C(=O)c2ccccc2F)C[C@H]1c1ncn2cc(-c3cccnc3)ccc12. The number of imidazole rings is 1. The van der Waals surface area contributed by atoms with Crippen LogP contribution in [0, 0.1) is 5.82 Å². The largest absolute Gasteiger partial charge is 0.335 e. The molecule has 31 heavy (non-hydrogen) atoms.